The second kappa shape index (κ2) is 2.73. The predicted molar refractivity (Wildman–Crippen MR) is 45.8 cm³/mol. The lowest BCUT2D eigenvalue weighted by molar-refractivity contribution is -0.213. The average molecular weight is 206 g/mol. The molecule has 0 saturated carbocycles. The summed E-state index contributed by atoms with van der Waals surface area (Å²) in [4.78, 5) is 21.9. The van der Waals surface area contributed by atoms with Gasteiger partial charge in [0.1, 0.15) is 5.75 Å². The van der Waals surface area contributed by atoms with Crippen LogP contribution in [0.4, 0.5) is 0 Å². The van der Waals surface area contributed by atoms with Gasteiger partial charge in [-0.25, -0.2) is 9.59 Å². The molecule has 0 spiro atoms. The van der Waals surface area contributed by atoms with Gasteiger partial charge in [-0.05, 0) is 6.07 Å². The molecule has 0 amide bonds. The molecular weight excluding hydrogens is 200 g/mol. The van der Waals surface area contributed by atoms with Crippen LogP contribution in [-0.4, -0.2) is 18.2 Å². The number of carbonyl (C=O) groups is 2. The quantitative estimate of drug-likeness (QED) is 0.458. The van der Waals surface area contributed by atoms with Crippen LogP contribution in [0.25, 0.3) is 0 Å². The average Bonchev–Trinajstić information content (AvgIpc) is 2.57. The summed E-state index contributed by atoms with van der Waals surface area (Å²) in [6.45, 7) is 0. The maximum Gasteiger partial charge on any atom is 0.420 e. The fourth-order valence-electron chi connectivity index (χ4n) is 1.68. The molecule has 0 aromatic heterocycles. The zero-order valence-electron chi connectivity index (χ0n) is 7.51. The molecule has 1 aromatic carbocycles. The zero-order valence-corrected chi connectivity index (χ0v) is 7.51. The highest BCUT2D eigenvalue weighted by molar-refractivity contribution is 6.30. The van der Waals surface area contributed by atoms with E-state index < -0.39 is 24.3 Å². The first-order valence-corrected chi connectivity index (χ1v) is 4.43. The van der Waals surface area contributed by atoms with Gasteiger partial charge in [0.15, 0.2) is 0 Å². The second-order valence-corrected chi connectivity index (χ2v) is 3.26. The summed E-state index contributed by atoms with van der Waals surface area (Å²) >= 11 is 0. The van der Waals surface area contributed by atoms with E-state index in [9.17, 15) is 9.59 Å². The molecule has 1 saturated heterocycles. The van der Waals surface area contributed by atoms with Crippen molar-refractivity contribution >= 4 is 11.9 Å². The first kappa shape index (κ1) is 8.28. The zero-order chi connectivity index (χ0) is 10.4. The molecule has 2 aliphatic rings. The third-order valence-corrected chi connectivity index (χ3v) is 2.34. The van der Waals surface area contributed by atoms with Crippen molar-refractivity contribution in [3.8, 4) is 5.75 Å². The van der Waals surface area contributed by atoms with Crippen molar-refractivity contribution in [1.82, 2.24) is 0 Å². The number of esters is 2. The van der Waals surface area contributed by atoms with Crippen LogP contribution in [0.15, 0.2) is 24.3 Å². The fraction of sp³-hybridized carbons (Fsp3) is 0.200. The largest absolute Gasteiger partial charge is 0.450 e. The number of benzene rings is 1. The molecule has 1 aromatic rings. The monoisotopic (exact) mass is 206 g/mol. The minimum Gasteiger partial charge on any atom is -0.450 e. The van der Waals surface area contributed by atoms with Gasteiger partial charge in [0.25, 0.3) is 6.29 Å². The van der Waals surface area contributed by atoms with E-state index in [2.05, 4.69) is 0 Å². The second-order valence-electron chi connectivity index (χ2n) is 3.26. The van der Waals surface area contributed by atoms with E-state index in [0.29, 0.717) is 5.75 Å². The van der Waals surface area contributed by atoms with Gasteiger partial charge >= 0.3 is 11.9 Å². The molecule has 2 unspecified atom stereocenters. The van der Waals surface area contributed by atoms with Crippen LogP contribution in [-0.2, 0) is 19.1 Å². The summed E-state index contributed by atoms with van der Waals surface area (Å²) < 4.78 is 15.0. The van der Waals surface area contributed by atoms with Crippen LogP contribution in [0.2, 0.25) is 0 Å². The number of hydrogen-bond acceptors (Lipinski definition) is 5. The molecule has 2 atom stereocenters. The summed E-state index contributed by atoms with van der Waals surface area (Å²) in [6, 6.07) is 7.09. The summed E-state index contributed by atoms with van der Waals surface area (Å²) in [6.07, 6.45) is -1.47. The Hall–Kier alpha value is -2.04. The molecule has 2 heterocycles. The Labute approximate surface area is 84.5 Å². The molecule has 5 heteroatoms. The van der Waals surface area contributed by atoms with Crippen molar-refractivity contribution in [2.75, 3.05) is 0 Å². The van der Waals surface area contributed by atoms with E-state index in [1.807, 2.05) is 0 Å². The maximum absolute atomic E-state index is 11.0. The minimum absolute atomic E-state index is 0.579. The van der Waals surface area contributed by atoms with Crippen molar-refractivity contribution < 1.29 is 23.8 Å². The standard InChI is InChI=1S/C10H6O5/c11-8-9(12)15-10-7(14-8)5-3-1-2-4-6(5)13-10/h1-4,7,10H. The van der Waals surface area contributed by atoms with Crippen LogP contribution in [0.3, 0.4) is 0 Å². The third-order valence-electron chi connectivity index (χ3n) is 2.34. The van der Waals surface area contributed by atoms with Crippen molar-refractivity contribution in [2.24, 2.45) is 0 Å². The molecule has 0 N–H and O–H groups in total. The Kier molecular flexibility index (Phi) is 1.50. The molecule has 0 radical (unpaired) electrons. The highest BCUT2D eigenvalue weighted by Gasteiger charge is 2.46. The molecule has 2 aliphatic heterocycles. The highest BCUT2D eigenvalue weighted by atomic mass is 16.8. The van der Waals surface area contributed by atoms with E-state index in [-0.39, 0.29) is 0 Å². The first-order chi connectivity index (χ1) is 7.25. The summed E-state index contributed by atoms with van der Waals surface area (Å²) in [5.41, 5.74) is 0.725. The van der Waals surface area contributed by atoms with E-state index in [0.717, 1.165) is 5.56 Å². The topological polar surface area (TPSA) is 61.8 Å². The van der Waals surface area contributed by atoms with Crippen molar-refractivity contribution in [2.45, 2.75) is 12.4 Å². The fourth-order valence-corrected chi connectivity index (χ4v) is 1.68. The maximum atomic E-state index is 11.0. The van der Waals surface area contributed by atoms with Gasteiger partial charge < -0.3 is 14.2 Å². The van der Waals surface area contributed by atoms with E-state index in [1.165, 1.54) is 0 Å². The molecule has 0 aliphatic carbocycles. The van der Waals surface area contributed by atoms with Crippen LogP contribution in [0.5, 0.6) is 5.75 Å². The first-order valence-electron chi connectivity index (χ1n) is 4.43. The molecule has 76 valence electrons. The Morgan fingerprint density at radius 2 is 1.67 bits per heavy atom. The lowest BCUT2D eigenvalue weighted by Crippen LogP contribution is -2.39. The molecule has 1 fully saturated rings. The van der Waals surface area contributed by atoms with Crippen LogP contribution >= 0.6 is 0 Å². The Morgan fingerprint density at radius 1 is 0.933 bits per heavy atom. The van der Waals surface area contributed by atoms with Crippen molar-refractivity contribution in [3.05, 3.63) is 29.8 Å². The van der Waals surface area contributed by atoms with Gasteiger partial charge in [-0.3, -0.25) is 0 Å². The van der Waals surface area contributed by atoms with Gasteiger partial charge in [-0.15, -0.1) is 0 Å². The lowest BCUT2D eigenvalue weighted by Gasteiger charge is -2.23. The van der Waals surface area contributed by atoms with Crippen LogP contribution < -0.4 is 4.74 Å². The van der Waals surface area contributed by atoms with E-state index >= 15 is 0 Å². The number of para-hydroxylation sites is 1. The van der Waals surface area contributed by atoms with E-state index in [4.69, 9.17) is 14.2 Å². The molecular formula is C10H6O5. The smallest absolute Gasteiger partial charge is 0.420 e. The van der Waals surface area contributed by atoms with Gasteiger partial charge in [-0.2, -0.15) is 0 Å². The minimum atomic E-state index is -1.01. The van der Waals surface area contributed by atoms with Gasteiger partial charge in [0, 0.05) is 5.56 Å². The van der Waals surface area contributed by atoms with Crippen LogP contribution in [0, 0.1) is 0 Å². The van der Waals surface area contributed by atoms with Crippen LogP contribution in [0.1, 0.15) is 11.7 Å². The van der Waals surface area contributed by atoms with Gasteiger partial charge in [0.2, 0.25) is 6.10 Å². The van der Waals surface area contributed by atoms with Gasteiger partial charge in [0.05, 0.1) is 0 Å². The molecule has 5 nitrogen and oxygen atoms in total. The summed E-state index contributed by atoms with van der Waals surface area (Å²) in [5, 5.41) is 0. The SMILES string of the molecule is O=C1OC2Oc3ccccc3C2OC1=O. The van der Waals surface area contributed by atoms with E-state index in [1.54, 1.807) is 24.3 Å². The number of fused-ring (bicyclic) bond motifs is 3. The number of rotatable bonds is 0. The van der Waals surface area contributed by atoms with Gasteiger partial charge in [-0.1, -0.05) is 18.2 Å². The highest BCUT2D eigenvalue weighted by Crippen LogP contribution is 2.40. The van der Waals surface area contributed by atoms with Crippen molar-refractivity contribution in [3.63, 3.8) is 0 Å². The predicted octanol–water partition coefficient (Wildman–Crippen LogP) is 0.546. The Bertz CT molecular complexity index is 453. The molecule has 3 rings (SSSR count). The summed E-state index contributed by atoms with van der Waals surface area (Å²) in [5.74, 6) is -1.41. The van der Waals surface area contributed by atoms with Crippen molar-refractivity contribution in [1.29, 1.82) is 0 Å². The Balaban J connectivity index is 2.01. The number of carbonyl (C=O) groups excluding carboxylic acids is 2. The number of hydrogen-bond donors (Lipinski definition) is 0. The lowest BCUT2D eigenvalue weighted by atomic mass is 10.1. The summed E-state index contributed by atoms with van der Waals surface area (Å²) in [7, 11) is 0. The third kappa shape index (κ3) is 1.09. The molecule has 15 heavy (non-hydrogen) atoms. The number of ether oxygens (including phenoxy) is 3. The normalized spacial score (nSPS) is 27.2. The Morgan fingerprint density at radius 3 is 2.53 bits per heavy atom. The molecule has 0 bridgehead atoms.